The Morgan fingerprint density at radius 2 is 2.06 bits per heavy atom. The molecule has 9 heteroatoms. The molecule has 0 atom stereocenters. The molecule has 0 aliphatic carbocycles. The first-order valence-electron chi connectivity index (χ1n) is 10.5. The van der Waals surface area contributed by atoms with E-state index in [0.717, 1.165) is 65.5 Å². The third-order valence-electron chi connectivity index (χ3n) is 6.04. The Labute approximate surface area is 179 Å². The molecule has 9 nitrogen and oxygen atoms in total. The molecule has 6 rings (SSSR count). The summed E-state index contributed by atoms with van der Waals surface area (Å²) < 4.78 is 7.55. The second kappa shape index (κ2) is 7.28. The van der Waals surface area contributed by atoms with Gasteiger partial charge in [0.05, 0.1) is 18.3 Å². The van der Waals surface area contributed by atoms with Crippen LogP contribution in [0.5, 0.6) is 0 Å². The minimum Gasteiger partial charge on any atom is -0.381 e. The van der Waals surface area contributed by atoms with Crippen LogP contribution in [0, 0.1) is 6.92 Å². The monoisotopic (exact) mass is 414 g/mol. The third kappa shape index (κ3) is 3.17. The maximum atomic E-state index is 5.57. The lowest BCUT2D eigenvalue weighted by atomic mass is 10.1. The molecule has 0 radical (unpaired) electrons. The summed E-state index contributed by atoms with van der Waals surface area (Å²) in [7, 11) is 0. The minimum atomic E-state index is 0.354. The number of aryl methyl sites for hydroxylation is 1. The standard InChI is InChI=1S/C22H22N8O/c1-14-9-15-3-2-6-23-18(15)10-17(14)26-22-24-11-19-21(27-22)29(16-4-7-31-8-5-16)12-20-28-25-13-30(19)20/h2-3,6,9-11,13,16H,4-5,7-8,12H2,1H3,(H,24,26,27). The maximum absolute atomic E-state index is 5.57. The van der Waals surface area contributed by atoms with Gasteiger partial charge in [-0.05, 0) is 43.5 Å². The molecule has 1 N–H and O–H groups in total. The lowest BCUT2D eigenvalue weighted by Gasteiger charge is -2.38. The molecule has 0 spiro atoms. The van der Waals surface area contributed by atoms with Crippen LogP contribution in [0.2, 0.25) is 0 Å². The highest BCUT2D eigenvalue weighted by molar-refractivity contribution is 5.84. The van der Waals surface area contributed by atoms with Crippen LogP contribution in [0.15, 0.2) is 43.0 Å². The Kier molecular flexibility index (Phi) is 4.27. The lowest BCUT2D eigenvalue weighted by Crippen LogP contribution is -2.42. The number of hydrogen-bond donors (Lipinski definition) is 1. The van der Waals surface area contributed by atoms with Gasteiger partial charge in [0.1, 0.15) is 12.0 Å². The highest BCUT2D eigenvalue weighted by Crippen LogP contribution is 2.34. The average molecular weight is 414 g/mol. The summed E-state index contributed by atoms with van der Waals surface area (Å²) in [6.45, 7) is 4.28. The first kappa shape index (κ1) is 18.2. The van der Waals surface area contributed by atoms with E-state index >= 15 is 0 Å². The van der Waals surface area contributed by atoms with Crippen LogP contribution in [0.25, 0.3) is 16.6 Å². The number of hydrogen-bond acceptors (Lipinski definition) is 8. The molecule has 2 aliphatic heterocycles. The van der Waals surface area contributed by atoms with E-state index in [1.165, 1.54) is 0 Å². The molecule has 1 aromatic carbocycles. The third-order valence-corrected chi connectivity index (χ3v) is 6.04. The zero-order valence-corrected chi connectivity index (χ0v) is 17.2. The smallest absolute Gasteiger partial charge is 0.229 e. The highest BCUT2D eigenvalue weighted by Gasteiger charge is 2.31. The number of anilines is 3. The number of aromatic nitrogens is 6. The molecular formula is C22H22N8O. The molecule has 0 amide bonds. The van der Waals surface area contributed by atoms with Crippen molar-refractivity contribution in [2.45, 2.75) is 32.4 Å². The van der Waals surface area contributed by atoms with Crippen LogP contribution in [0.4, 0.5) is 17.5 Å². The number of fused-ring (bicyclic) bond motifs is 4. The van der Waals surface area contributed by atoms with E-state index in [2.05, 4.69) is 49.4 Å². The van der Waals surface area contributed by atoms with E-state index in [-0.39, 0.29) is 0 Å². The van der Waals surface area contributed by atoms with Gasteiger partial charge in [0, 0.05) is 36.5 Å². The summed E-state index contributed by atoms with van der Waals surface area (Å²) in [6.07, 6.45) is 7.31. The Hall–Kier alpha value is -3.59. The predicted molar refractivity (Wildman–Crippen MR) is 117 cm³/mol. The van der Waals surface area contributed by atoms with Crippen molar-refractivity contribution in [1.29, 1.82) is 0 Å². The number of benzene rings is 1. The topological polar surface area (TPSA) is 93.9 Å². The molecule has 1 saturated heterocycles. The van der Waals surface area contributed by atoms with Gasteiger partial charge < -0.3 is 15.0 Å². The largest absolute Gasteiger partial charge is 0.381 e. The van der Waals surface area contributed by atoms with Crippen LogP contribution < -0.4 is 10.2 Å². The van der Waals surface area contributed by atoms with Crippen LogP contribution in [-0.4, -0.2) is 49.0 Å². The van der Waals surface area contributed by atoms with E-state index in [4.69, 9.17) is 9.72 Å². The summed E-state index contributed by atoms with van der Waals surface area (Å²) in [5, 5.41) is 12.9. The number of pyridine rings is 1. The normalized spacial score (nSPS) is 16.2. The van der Waals surface area contributed by atoms with Crippen molar-refractivity contribution < 1.29 is 4.74 Å². The van der Waals surface area contributed by atoms with Gasteiger partial charge in [-0.3, -0.25) is 9.55 Å². The van der Waals surface area contributed by atoms with Gasteiger partial charge in [-0.1, -0.05) is 6.07 Å². The molecular weight excluding hydrogens is 392 g/mol. The number of rotatable bonds is 3. The minimum absolute atomic E-state index is 0.354. The Bertz CT molecular complexity index is 1260. The number of ether oxygens (including phenoxy) is 1. The molecule has 4 aromatic rings. The van der Waals surface area contributed by atoms with Gasteiger partial charge in [-0.15, -0.1) is 10.2 Å². The van der Waals surface area contributed by atoms with Crippen molar-refractivity contribution >= 4 is 28.4 Å². The van der Waals surface area contributed by atoms with E-state index in [1.807, 2.05) is 22.9 Å². The van der Waals surface area contributed by atoms with E-state index in [0.29, 0.717) is 18.5 Å². The van der Waals surface area contributed by atoms with Gasteiger partial charge in [-0.25, -0.2) is 4.98 Å². The van der Waals surface area contributed by atoms with Crippen LogP contribution in [-0.2, 0) is 11.3 Å². The average Bonchev–Trinajstić information content (AvgIpc) is 3.28. The molecule has 5 heterocycles. The number of nitrogens with one attached hydrogen (secondary N) is 1. The molecule has 0 unspecified atom stereocenters. The number of nitrogens with zero attached hydrogens (tertiary/aromatic N) is 7. The van der Waals surface area contributed by atoms with Crippen molar-refractivity contribution in [3.8, 4) is 5.69 Å². The Balaban J connectivity index is 1.39. The van der Waals surface area contributed by atoms with Gasteiger partial charge >= 0.3 is 0 Å². The molecule has 31 heavy (non-hydrogen) atoms. The summed E-state index contributed by atoms with van der Waals surface area (Å²) in [4.78, 5) is 16.3. The summed E-state index contributed by atoms with van der Waals surface area (Å²) in [5.74, 6) is 2.36. The Morgan fingerprint density at radius 1 is 1.16 bits per heavy atom. The Morgan fingerprint density at radius 3 is 2.97 bits per heavy atom. The van der Waals surface area contributed by atoms with Gasteiger partial charge in [0.15, 0.2) is 11.6 Å². The van der Waals surface area contributed by atoms with Gasteiger partial charge in [0.2, 0.25) is 5.95 Å². The summed E-state index contributed by atoms with van der Waals surface area (Å²) >= 11 is 0. The van der Waals surface area contributed by atoms with E-state index < -0.39 is 0 Å². The van der Waals surface area contributed by atoms with Gasteiger partial charge in [0.25, 0.3) is 0 Å². The molecule has 0 saturated carbocycles. The van der Waals surface area contributed by atoms with Crippen LogP contribution >= 0.6 is 0 Å². The van der Waals surface area contributed by atoms with Crippen molar-refractivity contribution in [3.63, 3.8) is 0 Å². The maximum Gasteiger partial charge on any atom is 0.229 e. The molecule has 1 fully saturated rings. The van der Waals surface area contributed by atoms with E-state index in [1.54, 1.807) is 12.5 Å². The highest BCUT2D eigenvalue weighted by atomic mass is 16.5. The van der Waals surface area contributed by atoms with Gasteiger partial charge in [-0.2, -0.15) is 4.98 Å². The fourth-order valence-corrected chi connectivity index (χ4v) is 4.39. The fraction of sp³-hybridized carbons (Fsp3) is 0.318. The summed E-state index contributed by atoms with van der Waals surface area (Å²) in [6, 6.07) is 8.54. The molecule has 156 valence electrons. The zero-order valence-electron chi connectivity index (χ0n) is 17.2. The van der Waals surface area contributed by atoms with Crippen LogP contribution in [0.1, 0.15) is 24.2 Å². The quantitative estimate of drug-likeness (QED) is 0.546. The molecule has 2 aliphatic rings. The van der Waals surface area contributed by atoms with Crippen LogP contribution in [0.3, 0.4) is 0 Å². The van der Waals surface area contributed by atoms with Crippen molar-refractivity contribution in [3.05, 3.63) is 54.4 Å². The second-order valence-electron chi connectivity index (χ2n) is 7.98. The molecule has 0 bridgehead atoms. The van der Waals surface area contributed by atoms with Crippen molar-refractivity contribution in [1.82, 2.24) is 29.7 Å². The molecule has 3 aromatic heterocycles. The van der Waals surface area contributed by atoms with Crippen molar-refractivity contribution in [2.75, 3.05) is 23.4 Å². The zero-order chi connectivity index (χ0) is 20.8. The predicted octanol–water partition coefficient (Wildman–Crippen LogP) is 3.16. The first-order valence-corrected chi connectivity index (χ1v) is 10.5. The SMILES string of the molecule is Cc1cc2cccnc2cc1Nc1ncc2c(n1)N(C1CCOCC1)Cc1nncn1-2. The van der Waals surface area contributed by atoms with Crippen molar-refractivity contribution in [2.24, 2.45) is 0 Å². The lowest BCUT2D eigenvalue weighted by molar-refractivity contribution is 0.0836. The summed E-state index contributed by atoms with van der Waals surface area (Å²) in [5.41, 5.74) is 3.90. The fourth-order valence-electron chi connectivity index (χ4n) is 4.39. The van der Waals surface area contributed by atoms with E-state index in [9.17, 15) is 0 Å². The first-order chi connectivity index (χ1) is 15.3. The second-order valence-corrected chi connectivity index (χ2v) is 7.98.